The molecular formula is C9H9N3O. The van der Waals surface area contributed by atoms with Crippen LogP contribution in [-0.4, -0.2) is 5.11 Å². The summed E-state index contributed by atoms with van der Waals surface area (Å²) in [6.07, 6.45) is 1.55. The highest BCUT2D eigenvalue weighted by molar-refractivity contribution is 5.29. The zero-order valence-corrected chi connectivity index (χ0v) is 6.96. The number of phenols is 1. The van der Waals surface area contributed by atoms with Gasteiger partial charge in [-0.2, -0.15) is 0 Å². The van der Waals surface area contributed by atoms with Gasteiger partial charge in [0.2, 0.25) is 0 Å². The van der Waals surface area contributed by atoms with Gasteiger partial charge in [-0.25, -0.2) is 0 Å². The molecule has 1 N–H and O–H groups in total. The fraction of sp³-hybridized carbons (Fsp3) is 0.111. The van der Waals surface area contributed by atoms with Crippen LogP contribution < -0.4 is 0 Å². The van der Waals surface area contributed by atoms with E-state index in [9.17, 15) is 0 Å². The van der Waals surface area contributed by atoms with Gasteiger partial charge < -0.3 is 5.11 Å². The van der Waals surface area contributed by atoms with Crippen LogP contribution in [0.5, 0.6) is 5.75 Å². The molecule has 1 aromatic carbocycles. The maximum absolute atomic E-state index is 9.01. The third-order valence-electron chi connectivity index (χ3n) is 1.63. The first-order chi connectivity index (χ1) is 6.27. The largest absolute Gasteiger partial charge is 0.508 e. The molecule has 0 aliphatic heterocycles. The molecule has 0 aliphatic carbocycles. The van der Waals surface area contributed by atoms with Crippen LogP contribution in [0.3, 0.4) is 0 Å². The lowest BCUT2D eigenvalue weighted by molar-refractivity contribution is 0.475. The summed E-state index contributed by atoms with van der Waals surface area (Å²) in [6, 6.07) is 6.09. The van der Waals surface area contributed by atoms with Crippen molar-refractivity contribution in [2.45, 2.75) is 6.04 Å². The van der Waals surface area contributed by atoms with E-state index >= 15 is 0 Å². The van der Waals surface area contributed by atoms with E-state index in [1.54, 1.807) is 30.3 Å². The van der Waals surface area contributed by atoms with Crippen molar-refractivity contribution in [3.63, 3.8) is 0 Å². The third-order valence-corrected chi connectivity index (χ3v) is 1.63. The Morgan fingerprint density at radius 1 is 1.46 bits per heavy atom. The summed E-state index contributed by atoms with van der Waals surface area (Å²) in [6.45, 7) is 3.55. The molecule has 0 radical (unpaired) electrons. The molecule has 0 fully saturated rings. The average Bonchev–Trinajstić information content (AvgIpc) is 2.16. The highest BCUT2D eigenvalue weighted by Crippen LogP contribution is 2.20. The quantitative estimate of drug-likeness (QED) is 0.326. The summed E-state index contributed by atoms with van der Waals surface area (Å²) in [5.41, 5.74) is 9.06. The fourth-order valence-electron chi connectivity index (χ4n) is 0.977. The number of phenolic OH excluding ortho intramolecular Hbond substituents is 1. The summed E-state index contributed by atoms with van der Waals surface area (Å²) in [5, 5.41) is 12.5. The van der Waals surface area contributed by atoms with E-state index in [2.05, 4.69) is 16.6 Å². The molecule has 0 amide bonds. The minimum atomic E-state index is -0.370. The monoisotopic (exact) mass is 175 g/mol. The molecule has 0 saturated carbocycles. The predicted molar refractivity (Wildman–Crippen MR) is 50.2 cm³/mol. The van der Waals surface area contributed by atoms with E-state index in [4.69, 9.17) is 10.6 Å². The molecule has 1 atom stereocenters. The second kappa shape index (κ2) is 4.18. The van der Waals surface area contributed by atoms with E-state index in [1.807, 2.05) is 0 Å². The van der Waals surface area contributed by atoms with Gasteiger partial charge in [-0.3, -0.25) is 0 Å². The molecule has 0 aliphatic rings. The van der Waals surface area contributed by atoms with E-state index < -0.39 is 0 Å². The molecule has 0 heterocycles. The van der Waals surface area contributed by atoms with Gasteiger partial charge in [-0.15, -0.1) is 6.58 Å². The Balaban J connectivity index is 2.98. The lowest BCUT2D eigenvalue weighted by Gasteiger charge is -2.04. The van der Waals surface area contributed by atoms with Gasteiger partial charge in [0.25, 0.3) is 0 Å². The molecule has 13 heavy (non-hydrogen) atoms. The van der Waals surface area contributed by atoms with Gasteiger partial charge >= 0.3 is 0 Å². The Bertz CT molecular complexity index is 338. The maximum Gasteiger partial charge on any atom is 0.115 e. The van der Waals surface area contributed by atoms with Gasteiger partial charge in [0, 0.05) is 4.91 Å². The van der Waals surface area contributed by atoms with E-state index in [0.29, 0.717) is 0 Å². The number of aromatic hydroxyl groups is 1. The first kappa shape index (κ1) is 9.16. The number of rotatable bonds is 3. The minimum Gasteiger partial charge on any atom is -0.508 e. The van der Waals surface area contributed by atoms with Gasteiger partial charge in [0.1, 0.15) is 5.75 Å². The van der Waals surface area contributed by atoms with Crippen LogP contribution in [0, 0.1) is 0 Å². The highest BCUT2D eigenvalue weighted by Gasteiger charge is 2.03. The van der Waals surface area contributed by atoms with Crippen molar-refractivity contribution in [3.8, 4) is 5.75 Å². The second-order valence-electron chi connectivity index (χ2n) is 2.48. The van der Waals surface area contributed by atoms with Crippen molar-refractivity contribution in [2.24, 2.45) is 5.11 Å². The molecule has 4 nitrogen and oxygen atoms in total. The molecule has 0 saturated heterocycles. The van der Waals surface area contributed by atoms with Crippen LogP contribution in [0.4, 0.5) is 0 Å². The minimum absolute atomic E-state index is 0.187. The molecule has 1 rings (SSSR count). The van der Waals surface area contributed by atoms with Crippen molar-refractivity contribution < 1.29 is 5.11 Å². The lowest BCUT2D eigenvalue weighted by atomic mass is 10.1. The van der Waals surface area contributed by atoms with Crippen LogP contribution >= 0.6 is 0 Å². The number of hydrogen-bond donors (Lipinski definition) is 1. The maximum atomic E-state index is 9.01. The SMILES string of the molecule is C=CC(N=[N+]=[N-])c1ccc(O)cc1. The van der Waals surface area contributed by atoms with Gasteiger partial charge in [0.05, 0.1) is 6.04 Å². The molecule has 0 aromatic heterocycles. The zero-order valence-electron chi connectivity index (χ0n) is 6.96. The van der Waals surface area contributed by atoms with Crippen molar-refractivity contribution in [1.29, 1.82) is 0 Å². The highest BCUT2D eigenvalue weighted by atomic mass is 16.3. The van der Waals surface area contributed by atoms with Crippen molar-refractivity contribution >= 4 is 0 Å². The first-order valence-corrected chi connectivity index (χ1v) is 3.73. The van der Waals surface area contributed by atoms with Gasteiger partial charge in [-0.1, -0.05) is 23.3 Å². The first-order valence-electron chi connectivity index (χ1n) is 3.73. The van der Waals surface area contributed by atoms with Crippen molar-refractivity contribution in [1.82, 2.24) is 0 Å². The number of azide groups is 1. The molecule has 4 heteroatoms. The van der Waals surface area contributed by atoms with Crippen LogP contribution in [-0.2, 0) is 0 Å². The number of hydrogen-bond acceptors (Lipinski definition) is 2. The fourth-order valence-corrected chi connectivity index (χ4v) is 0.977. The van der Waals surface area contributed by atoms with Crippen LogP contribution in [0.1, 0.15) is 11.6 Å². The Hall–Kier alpha value is -1.93. The molecular weight excluding hydrogens is 166 g/mol. The topological polar surface area (TPSA) is 69.0 Å². The lowest BCUT2D eigenvalue weighted by Crippen LogP contribution is -1.88. The van der Waals surface area contributed by atoms with Gasteiger partial charge in [0.15, 0.2) is 0 Å². The summed E-state index contributed by atoms with van der Waals surface area (Å²) >= 11 is 0. The summed E-state index contributed by atoms with van der Waals surface area (Å²) in [4.78, 5) is 2.70. The van der Waals surface area contributed by atoms with Gasteiger partial charge in [-0.05, 0) is 23.2 Å². The van der Waals surface area contributed by atoms with Crippen LogP contribution in [0.2, 0.25) is 0 Å². The van der Waals surface area contributed by atoms with Crippen molar-refractivity contribution in [2.75, 3.05) is 0 Å². The summed E-state index contributed by atoms with van der Waals surface area (Å²) < 4.78 is 0. The molecule has 1 unspecified atom stereocenters. The Labute approximate surface area is 75.8 Å². The second-order valence-corrected chi connectivity index (χ2v) is 2.48. The third kappa shape index (κ3) is 2.25. The van der Waals surface area contributed by atoms with Crippen molar-refractivity contribution in [3.05, 3.63) is 52.9 Å². The van der Waals surface area contributed by atoms with E-state index in [1.165, 1.54) is 0 Å². The van der Waals surface area contributed by atoms with E-state index in [0.717, 1.165) is 5.56 Å². The molecule has 0 bridgehead atoms. The normalized spacial score (nSPS) is 11.4. The predicted octanol–water partition coefficient (Wildman–Crippen LogP) is 2.93. The smallest absolute Gasteiger partial charge is 0.115 e. The number of benzene rings is 1. The molecule has 66 valence electrons. The average molecular weight is 175 g/mol. The summed E-state index contributed by atoms with van der Waals surface area (Å²) in [7, 11) is 0. The standard InChI is InChI=1S/C9H9N3O/c1-2-9(11-12-10)7-3-5-8(13)6-4-7/h2-6,9,13H,1H2. The van der Waals surface area contributed by atoms with E-state index in [-0.39, 0.29) is 11.8 Å². The molecule has 0 spiro atoms. The van der Waals surface area contributed by atoms with Crippen LogP contribution in [0.15, 0.2) is 42.0 Å². The van der Waals surface area contributed by atoms with Crippen LogP contribution in [0.25, 0.3) is 10.4 Å². The summed E-state index contributed by atoms with van der Waals surface area (Å²) in [5.74, 6) is 0.187. The number of nitrogens with zero attached hydrogens (tertiary/aromatic N) is 3. The Kier molecular flexibility index (Phi) is 2.95. The Morgan fingerprint density at radius 2 is 2.08 bits per heavy atom. The Morgan fingerprint density at radius 3 is 2.54 bits per heavy atom. The zero-order chi connectivity index (χ0) is 9.68. The molecule has 1 aromatic rings.